The maximum Gasteiger partial charge on any atom is 0.323 e. The number of ether oxygens (including phenoxy) is 1. The van der Waals surface area contributed by atoms with Gasteiger partial charge in [0.25, 0.3) is 0 Å². The molecule has 0 saturated carbocycles. The molecule has 0 aliphatic carbocycles. The largest absolute Gasteiger partial charge is 0.467 e. The fraction of sp³-hybridized carbons (Fsp3) is 0.500. The van der Waals surface area contributed by atoms with Gasteiger partial charge in [-0.05, 0) is 6.07 Å². The molecule has 0 atom stereocenters. The molecule has 2 aromatic heterocycles. The number of urea groups is 1. The van der Waals surface area contributed by atoms with Gasteiger partial charge < -0.3 is 14.2 Å². The molecule has 0 fully saturated rings. The number of carbonyl (C=O) groups excluding carboxylic acids is 1. The van der Waals surface area contributed by atoms with Gasteiger partial charge in [0.15, 0.2) is 0 Å². The second kappa shape index (κ2) is 6.46. The number of anilines is 1. The number of nitrogens with one attached hydrogen (secondary N) is 1. The third-order valence-electron chi connectivity index (χ3n) is 4.14. The summed E-state index contributed by atoms with van der Waals surface area (Å²) in [7, 11) is 3.53. The monoisotopic (exact) mass is 330 g/mol. The molecule has 8 nitrogen and oxygen atoms in total. The third-order valence-corrected chi connectivity index (χ3v) is 4.14. The minimum Gasteiger partial charge on any atom is -0.467 e. The van der Waals surface area contributed by atoms with Crippen LogP contribution in [0.1, 0.15) is 37.0 Å². The van der Waals surface area contributed by atoms with E-state index in [2.05, 4.69) is 33.7 Å². The molecule has 0 unspecified atom stereocenters. The van der Waals surface area contributed by atoms with E-state index in [1.54, 1.807) is 17.2 Å². The van der Waals surface area contributed by atoms with E-state index in [1.807, 2.05) is 7.05 Å². The highest BCUT2D eigenvalue weighted by Gasteiger charge is 2.26. The second-order valence-corrected chi connectivity index (χ2v) is 6.11. The average molecular weight is 330 g/mol. The van der Waals surface area contributed by atoms with Crippen molar-refractivity contribution in [3.63, 3.8) is 0 Å². The Kier molecular flexibility index (Phi) is 4.37. The van der Waals surface area contributed by atoms with Gasteiger partial charge in [-0.15, -0.1) is 0 Å². The predicted octanol–water partition coefficient (Wildman–Crippen LogP) is 1.93. The molecule has 3 rings (SSSR count). The molecule has 3 heterocycles. The molecule has 128 valence electrons. The van der Waals surface area contributed by atoms with E-state index in [4.69, 9.17) is 9.72 Å². The van der Waals surface area contributed by atoms with Crippen LogP contribution < -0.4 is 10.1 Å². The molecule has 1 aliphatic rings. The van der Waals surface area contributed by atoms with E-state index in [1.165, 1.54) is 12.8 Å². The lowest BCUT2D eigenvalue weighted by Gasteiger charge is -2.26. The smallest absolute Gasteiger partial charge is 0.323 e. The Morgan fingerprint density at radius 1 is 1.38 bits per heavy atom. The van der Waals surface area contributed by atoms with E-state index in [-0.39, 0.29) is 12.0 Å². The Labute approximate surface area is 140 Å². The van der Waals surface area contributed by atoms with Crippen LogP contribution in [0.15, 0.2) is 12.3 Å². The fourth-order valence-electron chi connectivity index (χ4n) is 2.94. The molecule has 0 saturated heterocycles. The zero-order valence-electron chi connectivity index (χ0n) is 14.4. The fourth-order valence-corrected chi connectivity index (χ4v) is 2.94. The summed E-state index contributed by atoms with van der Waals surface area (Å²) in [4.78, 5) is 27.0. The topological polar surface area (TPSA) is 85.2 Å². The maximum atomic E-state index is 12.5. The van der Waals surface area contributed by atoms with Crippen LogP contribution in [0.2, 0.25) is 0 Å². The Morgan fingerprint density at radius 2 is 2.17 bits per heavy atom. The molecule has 8 heteroatoms. The van der Waals surface area contributed by atoms with E-state index < -0.39 is 0 Å². The number of imidazole rings is 1. The number of amides is 2. The first-order chi connectivity index (χ1) is 11.5. The van der Waals surface area contributed by atoms with Crippen LogP contribution in [0, 0.1) is 0 Å². The molecule has 24 heavy (non-hydrogen) atoms. The Hall–Kier alpha value is -2.64. The molecular formula is C16H22N6O2. The summed E-state index contributed by atoms with van der Waals surface area (Å²) in [5, 5.41) is 2.78. The van der Waals surface area contributed by atoms with Crippen LogP contribution in [0.3, 0.4) is 0 Å². The number of methoxy groups -OCH3 is 1. The lowest BCUT2D eigenvalue weighted by molar-refractivity contribution is 0.205. The van der Waals surface area contributed by atoms with Crippen molar-refractivity contribution in [3.05, 3.63) is 29.5 Å². The van der Waals surface area contributed by atoms with Crippen molar-refractivity contribution in [1.29, 1.82) is 0 Å². The average Bonchev–Trinajstić information content (AvgIpc) is 2.91. The maximum absolute atomic E-state index is 12.5. The quantitative estimate of drug-likeness (QED) is 0.929. The van der Waals surface area contributed by atoms with Crippen LogP contribution in [0.5, 0.6) is 6.01 Å². The SMILES string of the molecule is COc1nccc(NC(=O)N2CCc3c(nc(C(C)C)n3C)C2)n1. The first-order valence-electron chi connectivity index (χ1n) is 7.97. The van der Waals surface area contributed by atoms with Gasteiger partial charge in [-0.2, -0.15) is 4.98 Å². The van der Waals surface area contributed by atoms with Gasteiger partial charge in [0.1, 0.15) is 11.6 Å². The molecule has 0 bridgehead atoms. The van der Waals surface area contributed by atoms with Crippen LogP contribution in [0.4, 0.5) is 10.6 Å². The van der Waals surface area contributed by atoms with Crippen molar-refractivity contribution in [2.24, 2.45) is 7.05 Å². The third kappa shape index (κ3) is 3.04. The summed E-state index contributed by atoms with van der Waals surface area (Å²) in [5.74, 6) is 1.83. The minimum atomic E-state index is -0.196. The van der Waals surface area contributed by atoms with Crippen molar-refractivity contribution in [2.45, 2.75) is 32.7 Å². The molecule has 1 aliphatic heterocycles. The second-order valence-electron chi connectivity index (χ2n) is 6.11. The summed E-state index contributed by atoms with van der Waals surface area (Å²) in [5.41, 5.74) is 2.19. The molecule has 0 aromatic carbocycles. The summed E-state index contributed by atoms with van der Waals surface area (Å²) in [6.07, 6.45) is 2.34. The molecular weight excluding hydrogens is 308 g/mol. The molecule has 1 N–H and O–H groups in total. The highest BCUT2D eigenvalue weighted by Crippen LogP contribution is 2.23. The number of rotatable bonds is 3. The van der Waals surface area contributed by atoms with Crippen molar-refractivity contribution in [3.8, 4) is 6.01 Å². The van der Waals surface area contributed by atoms with Gasteiger partial charge in [0.2, 0.25) is 0 Å². The van der Waals surface area contributed by atoms with Gasteiger partial charge in [-0.1, -0.05) is 13.8 Å². The summed E-state index contributed by atoms with van der Waals surface area (Å²) < 4.78 is 7.12. The summed E-state index contributed by atoms with van der Waals surface area (Å²) >= 11 is 0. The van der Waals surface area contributed by atoms with Gasteiger partial charge in [0, 0.05) is 37.8 Å². The Balaban J connectivity index is 1.72. The van der Waals surface area contributed by atoms with E-state index in [9.17, 15) is 4.79 Å². The van der Waals surface area contributed by atoms with Gasteiger partial charge in [0.05, 0.1) is 19.3 Å². The number of fused-ring (bicyclic) bond motifs is 1. The van der Waals surface area contributed by atoms with E-state index in [0.717, 1.165) is 17.9 Å². The Bertz CT molecular complexity index is 755. The summed E-state index contributed by atoms with van der Waals surface area (Å²) in [6.45, 7) is 5.41. The van der Waals surface area contributed by atoms with Crippen LogP contribution in [-0.2, 0) is 20.0 Å². The van der Waals surface area contributed by atoms with Gasteiger partial charge in [-0.25, -0.2) is 14.8 Å². The lowest BCUT2D eigenvalue weighted by atomic mass is 10.1. The van der Waals surface area contributed by atoms with E-state index >= 15 is 0 Å². The van der Waals surface area contributed by atoms with E-state index in [0.29, 0.717) is 24.8 Å². The molecule has 0 spiro atoms. The minimum absolute atomic E-state index is 0.196. The van der Waals surface area contributed by atoms with Crippen LogP contribution >= 0.6 is 0 Å². The number of hydrogen-bond acceptors (Lipinski definition) is 5. The van der Waals surface area contributed by atoms with Crippen molar-refractivity contribution in [2.75, 3.05) is 19.0 Å². The molecule has 0 radical (unpaired) electrons. The highest BCUT2D eigenvalue weighted by atomic mass is 16.5. The van der Waals surface area contributed by atoms with Crippen molar-refractivity contribution in [1.82, 2.24) is 24.4 Å². The normalized spacial score (nSPS) is 13.8. The first kappa shape index (κ1) is 16.2. The Morgan fingerprint density at radius 3 is 2.88 bits per heavy atom. The molecule has 2 aromatic rings. The van der Waals surface area contributed by atoms with Crippen molar-refractivity contribution < 1.29 is 9.53 Å². The number of aromatic nitrogens is 4. The summed E-state index contributed by atoms with van der Waals surface area (Å²) in [6, 6.07) is 1.66. The van der Waals surface area contributed by atoms with Crippen molar-refractivity contribution >= 4 is 11.8 Å². The van der Waals surface area contributed by atoms with Crippen LogP contribution in [0.25, 0.3) is 0 Å². The standard InChI is InChI=1S/C16H22N6O2/c1-10(2)14-18-11-9-22(8-6-12(11)21(14)3)16(23)20-13-5-7-17-15(19-13)24-4/h5,7,10H,6,8-9H2,1-4H3,(H,17,19,20,23). The number of nitrogens with zero attached hydrogens (tertiary/aromatic N) is 5. The zero-order valence-corrected chi connectivity index (χ0v) is 14.4. The number of hydrogen-bond donors (Lipinski definition) is 1. The first-order valence-corrected chi connectivity index (χ1v) is 7.97. The predicted molar refractivity (Wildman–Crippen MR) is 89.0 cm³/mol. The lowest BCUT2D eigenvalue weighted by Crippen LogP contribution is -2.39. The number of carbonyl (C=O) groups is 1. The van der Waals surface area contributed by atoms with Gasteiger partial charge >= 0.3 is 12.0 Å². The zero-order chi connectivity index (χ0) is 17.3. The van der Waals surface area contributed by atoms with Crippen LogP contribution in [-0.4, -0.2) is 44.1 Å². The highest BCUT2D eigenvalue weighted by molar-refractivity contribution is 5.88. The molecule has 2 amide bonds. The van der Waals surface area contributed by atoms with Gasteiger partial charge in [-0.3, -0.25) is 5.32 Å².